The summed E-state index contributed by atoms with van der Waals surface area (Å²) in [5, 5.41) is 14.6. The summed E-state index contributed by atoms with van der Waals surface area (Å²) in [6, 6.07) is 16.4. The van der Waals surface area contributed by atoms with E-state index in [-0.39, 0.29) is 0 Å². The quantitative estimate of drug-likeness (QED) is 0.527. The molecule has 0 spiro atoms. The minimum Gasteiger partial charge on any atom is -0.292 e. The van der Waals surface area contributed by atoms with Crippen LogP contribution in [0.4, 0.5) is 11.4 Å². The SMILES string of the molecule is Cn1cc(Br)c(-c2cccc(NN(C=O)c3ccc(C#N)cc3)c2)n1. The number of rotatable bonds is 5. The molecular weight excluding hydrogens is 382 g/mol. The van der Waals surface area contributed by atoms with Crippen LogP contribution in [0.3, 0.4) is 0 Å². The molecule has 0 atom stereocenters. The number of hydrogen-bond acceptors (Lipinski definition) is 4. The van der Waals surface area contributed by atoms with E-state index in [0.29, 0.717) is 17.7 Å². The van der Waals surface area contributed by atoms with Crippen molar-refractivity contribution in [2.24, 2.45) is 7.05 Å². The minimum atomic E-state index is 0.539. The molecule has 0 unspecified atom stereocenters. The van der Waals surface area contributed by atoms with Gasteiger partial charge in [0.2, 0.25) is 6.41 Å². The average Bonchev–Trinajstić information content (AvgIpc) is 2.98. The highest BCUT2D eigenvalue weighted by Crippen LogP contribution is 2.28. The number of carbonyl (C=O) groups is 1. The Labute approximate surface area is 153 Å². The van der Waals surface area contributed by atoms with Crippen LogP contribution in [0.1, 0.15) is 5.56 Å². The van der Waals surface area contributed by atoms with Crippen LogP contribution in [0.2, 0.25) is 0 Å². The number of amides is 1. The lowest BCUT2D eigenvalue weighted by atomic mass is 10.1. The van der Waals surface area contributed by atoms with Crippen molar-refractivity contribution in [2.45, 2.75) is 0 Å². The van der Waals surface area contributed by atoms with Crippen LogP contribution < -0.4 is 10.4 Å². The molecule has 1 aromatic heterocycles. The number of hydrogen-bond donors (Lipinski definition) is 1. The molecule has 0 bridgehead atoms. The van der Waals surface area contributed by atoms with E-state index in [4.69, 9.17) is 5.26 Å². The van der Waals surface area contributed by atoms with Crippen LogP contribution in [0.5, 0.6) is 0 Å². The topological polar surface area (TPSA) is 74.0 Å². The van der Waals surface area contributed by atoms with Crippen molar-refractivity contribution in [3.63, 3.8) is 0 Å². The molecule has 0 aliphatic carbocycles. The number of hydrazine groups is 1. The molecule has 1 heterocycles. The molecule has 3 aromatic rings. The van der Waals surface area contributed by atoms with E-state index in [1.807, 2.05) is 37.5 Å². The second-order valence-electron chi connectivity index (χ2n) is 5.33. The number of nitrogens with one attached hydrogen (secondary N) is 1. The maximum absolute atomic E-state index is 11.5. The van der Waals surface area contributed by atoms with Gasteiger partial charge in [-0.3, -0.25) is 14.9 Å². The van der Waals surface area contributed by atoms with Crippen LogP contribution in [-0.4, -0.2) is 16.2 Å². The fraction of sp³-hybridized carbons (Fsp3) is 0.0556. The first-order valence-corrected chi connectivity index (χ1v) is 8.21. The van der Waals surface area contributed by atoms with Crippen molar-refractivity contribution < 1.29 is 4.79 Å². The molecular formula is C18H14BrN5O. The predicted molar refractivity (Wildman–Crippen MR) is 99.7 cm³/mol. The van der Waals surface area contributed by atoms with Crippen molar-refractivity contribution in [1.82, 2.24) is 9.78 Å². The van der Waals surface area contributed by atoms with Crippen molar-refractivity contribution in [3.05, 3.63) is 64.8 Å². The molecule has 0 fully saturated rings. The Bertz CT molecular complexity index is 943. The third kappa shape index (κ3) is 3.70. The normalized spacial score (nSPS) is 10.1. The summed E-state index contributed by atoms with van der Waals surface area (Å²) >= 11 is 3.50. The van der Waals surface area contributed by atoms with Crippen molar-refractivity contribution in [2.75, 3.05) is 10.4 Å². The molecule has 0 saturated carbocycles. The van der Waals surface area contributed by atoms with Gasteiger partial charge in [0, 0.05) is 18.8 Å². The first-order chi connectivity index (χ1) is 12.1. The zero-order chi connectivity index (χ0) is 17.8. The Kier molecular flexibility index (Phi) is 4.82. The van der Waals surface area contributed by atoms with Gasteiger partial charge in [-0.05, 0) is 52.3 Å². The Balaban J connectivity index is 1.86. The van der Waals surface area contributed by atoms with Crippen molar-refractivity contribution in [3.8, 4) is 17.3 Å². The summed E-state index contributed by atoms with van der Waals surface area (Å²) in [6.07, 6.45) is 2.56. The molecule has 1 N–H and O–H groups in total. The lowest BCUT2D eigenvalue weighted by Gasteiger charge is -2.20. The van der Waals surface area contributed by atoms with E-state index in [9.17, 15) is 4.79 Å². The van der Waals surface area contributed by atoms with E-state index >= 15 is 0 Å². The van der Waals surface area contributed by atoms with Gasteiger partial charge < -0.3 is 0 Å². The summed E-state index contributed by atoms with van der Waals surface area (Å²) in [6.45, 7) is 0. The molecule has 0 aliphatic heterocycles. The lowest BCUT2D eigenvalue weighted by molar-refractivity contribution is -0.107. The Hall–Kier alpha value is -3.11. The smallest absolute Gasteiger partial charge is 0.232 e. The minimum absolute atomic E-state index is 0.539. The summed E-state index contributed by atoms with van der Waals surface area (Å²) in [7, 11) is 1.86. The van der Waals surface area contributed by atoms with Gasteiger partial charge in [-0.2, -0.15) is 10.4 Å². The average molecular weight is 396 g/mol. The van der Waals surface area contributed by atoms with Gasteiger partial charge in [0.05, 0.1) is 27.5 Å². The van der Waals surface area contributed by atoms with Crippen LogP contribution >= 0.6 is 15.9 Å². The molecule has 0 aliphatic rings. The number of anilines is 2. The van der Waals surface area contributed by atoms with Crippen molar-refractivity contribution in [1.29, 1.82) is 5.26 Å². The van der Waals surface area contributed by atoms with Crippen LogP contribution in [0.25, 0.3) is 11.3 Å². The standard InChI is InChI=1S/C18H14BrN5O/c1-23-11-17(19)18(22-23)14-3-2-4-15(9-14)21-24(12-25)16-7-5-13(10-20)6-8-16/h2-9,11-12,21H,1H3. The van der Waals surface area contributed by atoms with Gasteiger partial charge in [-0.25, -0.2) is 5.01 Å². The van der Waals surface area contributed by atoms with Crippen LogP contribution in [0.15, 0.2) is 59.2 Å². The van der Waals surface area contributed by atoms with Crippen LogP contribution in [-0.2, 0) is 11.8 Å². The van der Waals surface area contributed by atoms with E-state index in [2.05, 4.69) is 32.5 Å². The molecule has 124 valence electrons. The number of aryl methyl sites for hydroxylation is 1. The van der Waals surface area contributed by atoms with Gasteiger partial charge in [-0.1, -0.05) is 12.1 Å². The Morgan fingerprint density at radius 2 is 2.04 bits per heavy atom. The third-order valence-corrected chi connectivity index (χ3v) is 4.13. The molecule has 1 amide bonds. The van der Waals surface area contributed by atoms with Gasteiger partial charge in [0.15, 0.2) is 0 Å². The first-order valence-electron chi connectivity index (χ1n) is 7.41. The molecule has 3 rings (SSSR count). The number of aromatic nitrogens is 2. The highest BCUT2D eigenvalue weighted by Gasteiger charge is 2.10. The summed E-state index contributed by atoms with van der Waals surface area (Å²) in [4.78, 5) is 11.5. The number of nitriles is 1. The van der Waals surface area contributed by atoms with E-state index < -0.39 is 0 Å². The van der Waals surface area contributed by atoms with Gasteiger partial charge >= 0.3 is 0 Å². The fourth-order valence-electron chi connectivity index (χ4n) is 2.38. The number of nitrogens with zero attached hydrogens (tertiary/aromatic N) is 4. The predicted octanol–water partition coefficient (Wildman–Crippen LogP) is 3.71. The molecule has 6 nitrogen and oxygen atoms in total. The first kappa shape index (κ1) is 16.7. The third-order valence-electron chi connectivity index (χ3n) is 3.55. The zero-order valence-electron chi connectivity index (χ0n) is 13.3. The van der Waals surface area contributed by atoms with E-state index in [1.165, 1.54) is 5.01 Å². The second-order valence-corrected chi connectivity index (χ2v) is 6.18. The second kappa shape index (κ2) is 7.20. The molecule has 0 saturated heterocycles. The van der Waals surface area contributed by atoms with Crippen LogP contribution in [0, 0.1) is 11.3 Å². The lowest BCUT2D eigenvalue weighted by Crippen LogP contribution is -2.27. The highest BCUT2D eigenvalue weighted by molar-refractivity contribution is 9.10. The maximum atomic E-state index is 11.5. The van der Waals surface area contributed by atoms with Crippen molar-refractivity contribution >= 4 is 33.7 Å². The van der Waals surface area contributed by atoms with Gasteiger partial charge in [-0.15, -0.1) is 0 Å². The Morgan fingerprint density at radius 1 is 1.28 bits per heavy atom. The van der Waals surface area contributed by atoms with E-state index in [1.54, 1.807) is 28.9 Å². The zero-order valence-corrected chi connectivity index (χ0v) is 14.9. The monoisotopic (exact) mass is 395 g/mol. The largest absolute Gasteiger partial charge is 0.292 e. The van der Waals surface area contributed by atoms with E-state index in [0.717, 1.165) is 21.4 Å². The summed E-state index contributed by atoms with van der Waals surface area (Å²) in [5.74, 6) is 0. The summed E-state index contributed by atoms with van der Waals surface area (Å²) < 4.78 is 2.63. The maximum Gasteiger partial charge on any atom is 0.232 e. The number of halogens is 1. The summed E-state index contributed by atoms with van der Waals surface area (Å²) in [5.41, 5.74) is 6.71. The fourth-order valence-corrected chi connectivity index (χ4v) is 2.98. The number of benzene rings is 2. The number of carbonyl (C=O) groups excluding carboxylic acids is 1. The molecule has 2 aromatic carbocycles. The molecule has 7 heteroatoms. The highest BCUT2D eigenvalue weighted by atomic mass is 79.9. The molecule has 0 radical (unpaired) electrons. The Morgan fingerprint density at radius 3 is 2.64 bits per heavy atom. The van der Waals surface area contributed by atoms with Gasteiger partial charge in [0.25, 0.3) is 0 Å². The van der Waals surface area contributed by atoms with Gasteiger partial charge in [0.1, 0.15) is 5.69 Å². The molecule has 25 heavy (non-hydrogen) atoms.